The highest BCUT2D eigenvalue weighted by atomic mass is 35.5. The predicted octanol–water partition coefficient (Wildman–Crippen LogP) is 2.46. The van der Waals surface area contributed by atoms with Crippen LogP contribution >= 0.6 is 11.6 Å². The average molecular weight is 417 g/mol. The van der Waals surface area contributed by atoms with Gasteiger partial charge < -0.3 is 14.4 Å². The summed E-state index contributed by atoms with van der Waals surface area (Å²) >= 11 is 5.93. The molecule has 2 aliphatic heterocycles. The smallest absolute Gasteiger partial charge is 0.261 e. The Morgan fingerprint density at radius 1 is 1.10 bits per heavy atom. The van der Waals surface area contributed by atoms with E-state index in [1.807, 2.05) is 4.90 Å². The van der Waals surface area contributed by atoms with Gasteiger partial charge in [0, 0.05) is 35.7 Å². The molecule has 2 aromatic heterocycles. The Hall–Kier alpha value is -2.55. The molecule has 0 atom stereocenters. The van der Waals surface area contributed by atoms with Crippen molar-refractivity contribution in [3.63, 3.8) is 0 Å². The van der Waals surface area contributed by atoms with E-state index >= 15 is 0 Å². The topological polar surface area (TPSA) is 69.0 Å². The fourth-order valence-electron chi connectivity index (χ4n) is 3.73. The first-order valence-corrected chi connectivity index (χ1v) is 9.80. The summed E-state index contributed by atoms with van der Waals surface area (Å²) in [4.78, 5) is 24.6. The molecule has 0 unspecified atom stereocenters. The monoisotopic (exact) mass is 416 g/mol. The van der Waals surface area contributed by atoms with Crippen LogP contribution < -0.4 is 10.5 Å². The molecule has 29 heavy (non-hydrogen) atoms. The minimum atomic E-state index is -0.519. The van der Waals surface area contributed by atoms with Crippen LogP contribution in [-0.4, -0.2) is 47.3 Å². The second-order valence-electron chi connectivity index (χ2n) is 7.01. The third kappa shape index (κ3) is 3.27. The summed E-state index contributed by atoms with van der Waals surface area (Å²) in [7, 11) is 0. The van der Waals surface area contributed by atoms with Crippen molar-refractivity contribution in [3.05, 3.63) is 56.8 Å². The number of benzene rings is 1. The van der Waals surface area contributed by atoms with Crippen molar-refractivity contribution in [2.45, 2.75) is 13.0 Å². The van der Waals surface area contributed by atoms with Crippen molar-refractivity contribution in [2.24, 2.45) is 0 Å². The summed E-state index contributed by atoms with van der Waals surface area (Å²) in [5.41, 5.74) is 1.89. The number of aromatic nitrogens is 3. The quantitative estimate of drug-likeness (QED) is 0.639. The zero-order chi connectivity index (χ0) is 20.0. The number of rotatable bonds is 2. The van der Waals surface area contributed by atoms with E-state index in [1.165, 1.54) is 10.5 Å². The normalized spacial score (nSPS) is 16.8. The third-order valence-electron chi connectivity index (χ3n) is 5.23. The van der Waals surface area contributed by atoms with Crippen molar-refractivity contribution >= 4 is 23.1 Å². The molecule has 0 bridgehead atoms. The summed E-state index contributed by atoms with van der Waals surface area (Å²) in [5, 5.41) is 0.288. The molecular weight excluding hydrogens is 399 g/mol. The van der Waals surface area contributed by atoms with Crippen molar-refractivity contribution in [1.82, 2.24) is 14.4 Å². The molecular formula is C20H18ClFN4O3. The number of hydrogen-bond donors (Lipinski definition) is 0. The van der Waals surface area contributed by atoms with Crippen molar-refractivity contribution in [2.75, 3.05) is 37.8 Å². The van der Waals surface area contributed by atoms with E-state index in [0.29, 0.717) is 67.7 Å². The van der Waals surface area contributed by atoms with Crippen LogP contribution in [0.15, 0.2) is 29.2 Å². The highest BCUT2D eigenvalue weighted by Crippen LogP contribution is 2.29. The Kier molecular flexibility index (Phi) is 4.69. The fraction of sp³-hybridized carbons (Fsp3) is 0.350. The summed E-state index contributed by atoms with van der Waals surface area (Å²) in [6.07, 6.45) is 2.19. The molecule has 2 aliphatic rings. The van der Waals surface area contributed by atoms with Gasteiger partial charge >= 0.3 is 0 Å². The first kappa shape index (κ1) is 18.5. The number of anilines is 1. The lowest BCUT2D eigenvalue weighted by atomic mass is 10.1. The highest BCUT2D eigenvalue weighted by molar-refractivity contribution is 6.30. The Morgan fingerprint density at radius 2 is 1.93 bits per heavy atom. The van der Waals surface area contributed by atoms with E-state index in [9.17, 15) is 9.18 Å². The Labute approximate surface area is 170 Å². The summed E-state index contributed by atoms with van der Waals surface area (Å²) in [6, 6.07) is 4.39. The van der Waals surface area contributed by atoms with Crippen LogP contribution in [0.1, 0.15) is 11.3 Å². The van der Waals surface area contributed by atoms with Gasteiger partial charge in [0.15, 0.2) is 5.65 Å². The van der Waals surface area contributed by atoms with Crippen molar-refractivity contribution in [3.8, 4) is 11.3 Å². The Bertz CT molecular complexity index is 1160. The molecule has 0 spiro atoms. The lowest BCUT2D eigenvalue weighted by molar-refractivity contribution is 0.107. The first-order valence-electron chi connectivity index (χ1n) is 9.43. The number of fused-ring (bicyclic) bond motifs is 2. The lowest BCUT2D eigenvalue weighted by Gasteiger charge is -2.28. The van der Waals surface area contributed by atoms with Crippen molar-refractivity contribution in [1.29, 1.82) is 0 Å². The fourth-order valence-corrected chi connectivity index (χ4v) is 3.89. The average Bonchev–Trinajstić information content (AvgIpc) is 2.74. The van der Waals surface area contributed by atoms with Crippen LogP contribution in [0.3, 0.4) is 0 Å². The SMILES string of the molecule is O=c1c2c(nc3c(-c4ccc(Cl)cc4F)nc(N4CCOCC4)cn13)COCC2. The van der Waals surface area contributed by atoms with Crippen LogP contribution in [0.4, 0.5) is 10.2 Å². The number of hydrogen-bond acceptors (Lipinski definition) is 6. The molecule has 3 aromatic rings. The van der Waals surface area contributed by atoms with Crippen LogP contribution in [0.25, 0.3) is 16.9 Å². The molecule has 5 rings (SSSR count). The van der Waals surface area contributed by atoms with Gasteiger partial charge in [0.25, 0.3) is 5.56 Å². The first-order chi connectivity index (χ1) is 14.1. The summed E-state index contributed by atoms with van der Waals surface area (Å²) in [6.45, 7) is 3.16. The zero-order valence-electron chi connectivity index (χ0n) is 15.5. The number of morpholine rings is 1. The van der Waals surface area contributed by atoms with E-state index in [-0.39, 0.29) is 22.8 Å². The molecule has 1 fully saturated rings. The maximum Gasteiger partial charge on any atom is 0.261 e. The Morgan fingerprint density at radius 3 is 2.72 bits per heavy atom. The highest BCUT2D eigenvalue weighted by Gasteiger charge is 2.23. The number of halogens is 2. The standard InChI is InChI=1S/C20H18ClFN4O3/c21-12-1-2-13(15(22)9-12)18-19-23-16-11-29-6-3-14(16)20(27)26(19)10-17(24-18)25-4-7-28-8-5-25/h1-2,9-10H,3-8,11H2. The van der Waals surface area contributed by atoms with E-state index in [0.717, 1.165) is 0 Å². The molecule has 0 saturated carbocycles. The molecule has 7 nitrogen and oxygen atoms in total. The van der Waals surface area contributed by atoms with Crippen LogP contribution in [0, 0.1) is 5.82 Å². The summed E-state index contributed by atoms with van der Waals surface area (Å²) in [5.74, 6) is 0.0651. The Balaban J connectivity index is 1.80. The van der Waals surface area contributed by atoms with Gasteiger partial charge in [-0.05, 0) is 18.2 Å². The van der Waals surface area contributed by atoms with E-state index in [1.54, 1.807) is 18.3 Å². The summed E-state index contributed by atoms with van der Waals surface area (Å²) < 4.78 is 27.1. The van der Waals surface area contributed by atoms with Gasteiger partial charge in [-0.2, -0.15) is 0 Å². The van der Waals surface area contributed by atoms with E-state index < -0.39 is 5.82 Å². The predicted molar refractivity (Wildman–Crippen MR) is 106 cm³/mol. The van der Waals surface area contributed by atoms with Gasteiger partial charge in [0.1, 0.15) is 17.3 Å². The minimum Gasteiger partial charge on any atom is -0.378 e. The molecule has 1 aromatic carbocycles. The molecule has 0 radical (unpaired) electrons. The van der Waals surface area contributed by atoms with Crippen LogP contribution in [0.5, 0.6) is 0 Å². The van der Waals surface area contributed by atoms with Gasteiger partial charge in [-0.1, -0.05) is 11.6 Å². The van der Waals surface area contributed by atoms with E-state index in [4.69, 9.17) is 26.1 Å². The number of nitrogens with zero attached hydrogens (tertiary/aromatic N) is 4. The lowest BCUT2D eigenvalue weighted by Crippen LogP contribution is -2.37. The molecule has 0 aliphatic carbocycles. The van der Waals surface area contributed by atoms with Crippen LogP contribution in [0.2, 0.25) is 5.02 Å². The van der Waals surface area contributed by atoms with Crippen molar-refractivity contribution < 1.29 is 13.9 Å². The second kappa shape index (κ2) is 7.37. The van der Waals surface area contributed by atoms with Gasteiger partial charge in [0.2, 0.25) is 0 Å². The van der Waals surface area contributed by atoms with Gasteiger partial charge in [0.05, 0.1) is 38.3 Å². The molecule has 1 saturated heterocycles. The molecule has 150 valence electrons. The van der Waals surface area contributed by atoms with Gasteiger partial charge in [-0.15, -0.1) is 0 Å². The number of ether oxygens (including phenoxy) is 2. The van der Waals surface area contributed by atoms with Gasteiger partial charge in [-0.3, -0.25) is 9.20 Å². The van der Waals surface area contributed by atoms with Crippen LogP contribution in [-0.2, 0) is 22.5 Å². The molecule has 0 amide bonds. The van der Waals surface area contributed by atoms with Gasteiger partial charge in [-0.25, -0.2) is 14.4 Å². The molecule has 9 heteroatoms. The largest absolute Gasteiger partial charge is 0.378 e. The second-order valence-corrected chi connectivity index (χ2v) is 7.45. The maximum atomic E-state index is 14.8. The van der Waals surface area contributed by atoms with E-state index in [2.05, 4.69) is 4.98 Å². The zero-order valence-corrected chi connectivity index (χ0v) is 16.3. The molecule has 0 N–H and O–H groups in total. The maximum absolute atomic E-state index is 14.8. The third-order valence-corrected chi connectivity index (χ3v) is 5.47. The molecule has 4 heterocycles. The minimum absolute atomic E-state index is 0.166.